The molecule has 0 heterocycles. The van der Waals surface area contributed by atoms with Crippen LogP contribution in [0.3, 0.4) is 0 Å². The van der Waals surface area contributed by atoms with Gasteiger partial charge in [-0.05, 0) is 65.3 Å². The van der Waals surface area contributed by atoms with Crippen LogP contribution in [0, 0.1) is 10.5 Å². The summed E-state index contributed by atoms with van der Waals surface area (Å²) < 4.78 is 12.6. The molecule has 0 aliphatic carbocycles. The van der Waals surface area contributed by atoms with Crippen LogP contribution in [0.5, 0.6) is 11.5 Å². The molecule has 3 nitrogen and oxygen atoms in total. The Morgan fingerprint density at radius 1 is 1.14 bits per heavy atom. The highest BCUT2D eigenvalue weighted by Crippen LogP contribution is 2.35. The van der Waals surface area contributed by atoms with Gasteiger partial charge >= 0.3 is 0 Å². The Balaban J connectivity index is 2.24. The summed E-state index contributed by atoms with van der Waals surface area (Å²) >= 11 is 2.21. The van der Waals surface area contributed by atoms with E-state index in [1.54, 1.807) is 0 Å². The van der Waals surface area contributed by atoms with E-state index in [-0.39, 0.29) is 6.61 Å². The van der Waals surface area contributed by atoms with Gasteiger partial charge in [-0.15, -0.1) is 0 Å². The predicted octanol–water partition coefficient (Wildman–Crippen LogP) is 4.07. The second-order valence-corrected chi connectivity index (χ2v) is 5.87. The second-order valence-electron chi connectivity index (χ2n) is 4.71. The molecule has 1 N–H and O–H groups in total. The van der Waals surface area contributed by atoms with Gasteiger partial charge in [0.15, 0.2) is 11.5 Å². The summed E-state index contributed by atoms with van der Waals surface area (Å²) in [5.74, 6) is 1.42. The van der Waals surface area contributed by atoms with E-state index in [4.69, 9.17) is 9.47 Å². The summed E-state index contributed by atoms with van der Waals surface area (Å²) in [6.45, 7) is 5.06. The number of hydrogen-bond acceptors (Lipinski definition) is 3. The lowest BCUT2D eigenvalue weighted by atomic mass is 10.1. The van der Waals surface area contributed by atoms with Crippen LogP contribution in [-0.2, 0) is 13.2 Å². The Morgan fingerprint density at radius 3 is 2.57 bits per heavy atom. The predicted molar refractivity (Wildman–Crippen MR) is 91.8 cm³/mol. The van der Waals surface area contributed by atoms with E-state index in [0.29, 0.717) is 19.0 Å². The molecule has 4 heteroatoms. The average Bonchev–Trinajstić information content (AvgIpc) is 2.48. The molecule has 0 spiro atoms. The third kappa shape index (κ3) is 4.11. The third-order valence-corrected chi connectivity index (χ3v) is 3.99. The molecule has 0 bridgehead atoms. The molecule has 0 unspecified atom stereocenters. The van der Waals surface area contributed by atoms with Gasteiger partial charge in [0, 0.05) is 0 Å². The Hall–Kier alpha value is -1.27. The molecule has 21 heavy (non-hydrogen) atoms. The Labute approximate surface area is 139 Å². The van der Waals surface area contributed by atoms with Crippen molar-refractivity contribution in [3.8, 4) is 11.5 Å². The average molecular weight is 398 g/mol. The van der Waals surface area contributed by atoms with Gasteiger partial charge < -0.3 is 14.6 Å². The Bertz CT molecular complexity index is 611. The highest BCUT2D eigenvalue weighted by atomic mass is 127. The van der Waals surface area contributed by atoms with E-state index >= 15 is 0 Å². The van der Waals surface area contributed by atoms with Crippen molar-refractivity contribution in [1.82, 2.24) is 0 Å². The van der Waals surface area contributed by atoms with Crippen molar-refractivity contribution in [2.75, 3.05) is 6.61 Å². The Kier molecular flexibility index (Phi) is 5.87. The molecule has 0 fully saturated rings. The second kappa shape index (κ2) is 7.66. The van der Waals surface area contributed by atoms with Crippen LogP contribution < -0.4 is 9.47 Å². The number of halogens is 1. The molecule has 2 aromatic carbocycles. The van der Waals surface area contributed by atoms with Crippen molar-refractivity contribution >= 4 is 22.6 Å². The lowest BCUT2D eigenvalue weighted by molar-refractivity contribution is 0.261. The summed E-state index contributed by atoms with van der Waals surface area (Å²) in [5, 5.41) is 9.29. The Morgan fingerprint density at radius 2 is 1.90 bits per heavy atom. The maximum absolute atomic E-state index is 9.29. The van der Waals surface area contributed by atoms with Gasteiger partial charge in [-0.1, -0.05) is 24.3 Å². The highest BCUT2D eigenvalue weighted by molar-refractivity contribution is 14.1. The zero-order valence-corrected chi connectivity index (χ0v) is 14.4. The van der Waals surface area contributed by atoms with Crippen molar-refractivity contribution < 1.29 is 14.6 Å². The van der Waals surface area contributed by atoms with Crippen LogP contribution in [-0.4, -0.2) is 11.7 Å². The fraction of sp³-hybridized carbons (Fsp3) is 0.294. The zero-order valence-electron chi connectivity index (χ0n) is 12.2. The van der Waals surface area contributed by atoms with Crippen molar-refractivity contribution in [3.63, 3.8) is 0 Å². The van der Waals surface area contributed by atoms with E-state index in [1.165, 1.54) is 5.56 Å². The molecule has 0 aromatic heterocycles. The number of aryl methyl sites for hydroxylation is 1. The monoisotopic (exact) mass is 398 g/mol. The van der Waals surface area contributed by atoms with E-state index in [2.05, 4.69) is 41.6 Å². The quantitative estimate of drug-likeness (QED) is 0.746. The molecular weight excluding hydrogens is 379 g/mol. The smallest absolute Gasteiger partial charge is 0.174 e. The summed E-state index contributed by atoms with van der Waals surface area (Å²) in [5.41, 5.74) is 3.19. The first-order chi connectivity index (χ1) is 10.2. The van der Waals surface area contributed by atoms with Crippen molar-refractivity contribution in [2.45, 2.75) is 27.1 Å². The lowest BCUT2D eigenvalue weighted by Crippen LogP contribution is -2.03. The number of hydrogen-bond donors (Lipinski definition) is 1. The maximum Gasteiger partial charge on any atom is 0.174 e. The van der Waals surface area contributed by atoms with Crippen LogP contribution >= 0.6 is 22.6 Å². The fourth-order valence-corrected chi connectivity index (χ4v) is 2.86. The van der Waals surface area contributed by atoms with Crippen LogP contribution in [0.25, 0.3) is 0 Å². The molecule has 0 amide bonds. The minimum absolute atomic E-state index is 0.00580. The third-order valence-electron chi connectivity index (χ3n) is 3.18. The van der Waals surface area contributed by atoms with Gasteiger partial charge in [0.1, 0.15) is 6.61 Å². The molecule has 2 aromatic rings. The summed E-state index contributed by atoms with van der Waals surface area (Å²) in [7, 11) is 0. The zero-order chi connectivity index (χ0) is 15.2. The number of benzene rings is 2. The molecule has 112 valence electrons. The maximum atomic E-state index is 9.29. The van der Waals surface area contributed by atoms with Gasteiger partial charge in [-0.3, -0.25) is 0 Å². The molecule has 0 saturated heterocycles. The van der Waals surface area contributed by atoms with Gasteiger partial charge in [0.25, 0.3) is 0 Å². The van der Waals surface area contributed by atoms with E-state index < -0.39 is 0 Å². The number of ether oxygens (including phenoxy) is 2. The van der Waals surface area contributed by atoms with E-state index in [9.17, 15) is 5.11 Å². The van der Waals surface area contributed by atoms with Crippen molar-refractivity contribution in [1.29, 1.82) is 0 Å². The van der Waals surface area contributed by atoms with Gasteiger partial charge in [-0.2, -0.15) is 0 Å². The molecule has 0 aliphatic heterocycles. The first-order valence-electron chi connectivity index (χ1n) is 6.89. The van der Waals surface area contributed by atoms with Crippen LogP contribution in [0.4, 0.5) is 0 Å². The van der Waals surface area contributed by atoms with Gasteiger partial charge in [0.05, 0.1) is 16.8 Å². The lowest BCUT2D eigenvalue weighted by Gasteiger charge is -2.15. The number of rotatable bonds is 6. The molecular formula is C17H19IO3. The van der Waals surface area contributed by atoms with Crippen molar-refractivity contribution in [3.05, 3.63) is 56.7 Å². The van der Waals surface area contributed by atoms with Gasteiger partial charge in [-0.25, -0.2) is 0 Å². The molecule has 0 radical (unpaired) electrons. The number of aliphatic hydroxyl groups is 1. The summed E-state index contributed by atoms with van der Waals surface area (Å²) in [6, 6.07) is 11.9. The van der Waals surface area contributed by atoms with Crippen molar-refractivity contribution in [2.24, 2.45) is 0 Å². The van der Waals surface area contributed by atoms with Crippen LogP contribution in [0.2, 0.25) is 0 Å². The minimum Gasteiger partial charge on any atom is -0.490 e. The van der Waals surface area contributed by atoms with E-state index in [0.717, 1.165) is 20.4 Å². The van der Waals surface area contributed by atoms with Crippen LogP contribution in [0.1, 0.15) is 23.6 Å². The summed E-state index contributed by atoms with van der Waals surface area (Å²) in [6.07, 6.45) is 0. The molecule has 0 aliphatic rings. The highest BCUT2D eigenvalue weighted by Gasteiger charge is 2.12. The largest absolute Gasteiger partial charge is 0.490 e. The van der Waals surface area contributed by atoms with Crippen LogP contribution in [0.15, 0.2) is 36.4 Å². The fourth-order valence-electron chi connectivity index (χ4n) is 2.04. The van der Waals surface area contributed by atoms with Gasteiger partial charge in [0.2, 0.25) is 0 Å². The standard InChI is InChI=1S/C17H19IO3/c1-3-20-16-9-13(10-19)8-15(18)17(16)21-11-14-7-5-4-6-12(14)2/h4-9,19H,3,10-11H2,1-2H3. The van der Waals surface area contributed by atoms with E-state index in [1.807, 2.05) is 31.2 Å². The summed E-state index contributed by atoms with van der Waals surface area (Å²) in [4.78, 5) is 0. The minimum atomic E-state index is -0.00580. The topological polar surface area (TPSA) is 38.7 Å². The number of aliphatic hydroxyl groups excluding tert-OH is 1. The molecule has 2 rings (SSSR count). The first kappa shape index (κ1) is 16.1. The first-order valence-corrected chi connectivity index (χ1v) is 7.97. The molecule has 0 atom stereocenters. The SMILES string of the molecule is CCOc1cc(CO)cc(I)c1OCc1ccccc1C. The molecule has 0 saturated carbocycles. The normalized spacial score (nSPS) is 10.5.